The molecule has 0 spiro atoms. The Morgan fingerprint density at radius 3 is 2.35 bits per heavy atom. The second-order valence-electron chi connectivity index (χ2n) is 6.43. The van der Waals surface area contributed by atoms with Crippen LogP contribution in [0.1, 0.15) is 46.0 Å². The summed E-state index contributed by atoms with van der Waals surface area (Å²) >= 11 is 0. The highest BCUT2D eigenvalue weighted by atomic mass is 32.2. The predicted molar refractivity (Wildman–Crippen MR) is 103 cm³/mol. The molecule has 7 nitrogen and oxygen atoms in total. The minimum absolute atomic E-state index is 0.163. The minimum Gasteiger partial charge on any atom is -0.380 e. The first kappa shape index (κ1) is 22.7. The lowest BCUT2D eigenvalue weighted by Crippen LogP contribution is -2.44. The van der Waals surface area contributed by atoms with Crippen LogP contribution < -0.4 is 0 Å². The first-order chi connectivity index (χ1) is 14.6. The Balaban J connectivity index is 1.98. The zero-order valence-electron chi connectivity index (χ0n) is 16.2. The number of hydrogen-bond donors (Lipinski definition) is 0. The Kier molecular flexibility index (Phi) is 6.35. The molecule has 0 unspecified atom stereocenters. The van der Waals surface area contributed by atoms with Gasteiger partial charge in [0.2, 0.25) is 0 Å². The van der Waals surface area contributed by atoms with Crippen molar-refractivity contribution in [3.05, 3.63) is 47.0 Å². The third kappa shape index (κ3) is 4.41. The molecule has 1 aliphatic rings. The van der Waals surface area contributed by atoms with Gasteiger partial charge in [0.25, 0.3) is 11.8 Å². The largest absolute Gasteiger partial charge is 0.525 e. The Morgan fingerprint density at radius 1 is 1.03 bits per heavy atom. The highest BCUT2D eigenvalue weighted by Crippen LogP contribution is 2.34. The Hall–Kier alpha value is -2.94. The molecule has 2 amide bonds. The fourth-order valence-electron chi connectivity index (χ4n) is 2.92. The van der Waals surface area contributed by atoms with Crippen LogP contribution in [0.2, 0.25) is 0 Å². The number of ether oxygens (including phenoxy) is 1. The number of carbonyl (C=O) groups is 2. The van der Waals surface area contributed by atoms with E-state index in [9.17, 15) is 31.2 Å². The molecule has 0 saturated heterocycles. The molecule has 31 heavy (non-hydrogen) atoms. The van der Waals surface area contributed by atoms with E-state index in [1.54, 1.807) is 6.07 Å². The number of halogens is 3. The van der Waals surface area contributed by atoms with Gasteiger partial charge in [-0.2, -0.15) is 21.6 Å². The summed E-state index contributed by atoms with van der Waals surface area (Å²) in [6, 6.07) is 7.03. The monoisotopic (exact) mass is 455 g/mol. The maximum absolute atomic E-state index is 12.6. The van der Waals surface area contributed by atoms with E-state index in [4.69, 9.17) is 4.74 Å². The number of benzene rings is 2. The summed E-state index contributed by atoms with van der Waals surface area (Å²) in [5.41, 5.74) is -5.67. The lowest BCUT2D eigenvalue weighted by molar-refractivity contribution is -0.0761. The maximum atomic E-state index is 12.6. The Morgan fingerprint density at radius 2 is 1.71 bits per heavy atom. The van der Waals surface area contributed by atoms with E-state index in [1.165, 1.54) is 24.3 Å². The Labute approximate surface area is 175 Å². The summed E-state index contributed by atoms with van der Waals surface area (Å²) in [6.45, 7) is 3.04. The predicted octanol–water partition coefficient (Wildman–Crippen LogP) is 3.39. The first-order valence-corrected chi connectivity index (χ1v) is 10.5. The Bertz CT molecular complexity index is 1190. The molecule has 2 aromatic rings. The van der Waals surface area contributed by atoms with Crippen molar-refractivity contribution in [2.45, 2.75) is 25.3 Å². The maximum Gasteiger partial charge on any atom is 0.525 e. The number of carbonyl (C=O) groups excluding carboxylic acids is 2. The molecule has 0 atom stereocenters. The summed E-state index contributed by atoms with van der Waals surface area (Å²) < 4.78 is 69.7. The molecule has 2 aromatic carbocycles. The van der Waals surface area contributed by atoms with Gasteiger partial charge >= 0.3 is 15.6 Å². The van der Waals surface area contributed by atoms with Gasteiger partial charge in [-0.25, -0.2) is 0 Å². The van der Waals surface area contributed by atoms with Crippen LogP contribution in [0.3, 0.4) is 0 Å². The molecule has 0 aromatic heterocycles. The average Bonchev–Trinajstić information content (AvgIpc) is 2.71. The van der Waals surface area contributed by atoms with Gasteiger partial charge in [-0.15, -0.1) is 9.35 Å². The van der Waals surface area contributed by atoms with E-state index < -0.39 is 32.5 Å². The second-order valence-corrected chi connectivity index (χ2v) is 7.95. The molecular formula is C20H16F3NO6S. The highest BCUT2D eigenvalue weighted by molar-refractivity contribution is 7.87. The zero-order valence-corrected chi connectivity index (χ0v) is 17.0. The molecule has 0 bridgehead atoms. The smallest absolute Gasteiger partial charge is 0.380 e. The standard InChI is InChI=1S/C20H16F3NO6S/c1-2-11-29-12-4-3-6-13-9-10-16-17-14(13)7-5-8-15(17)18(25)24(19(16)26)30-31(27,28)20(21,22)23/h5,7-10H,2,4,11-12H2,1H3. The molecule has 164 valence electrons. The van der Waals surface area contributed by atoms with E-state index in [0.29, 0.717) is 30.6 Å². The van der Waals surface area contributed by atoms with Gasteiger partial charge in [-0.1, -0.05) is 30.9 Å². The van der Waals surface area contributed by atoms with Crippen LogP contribution in [0.25, 0.3) is 10.8 Å². The van der Waals surface area contributed by atoms with Gasteiger partial charge in [0, 0.05) is 24.0 Å². The van der Waals surface area contributed by atoms with E-state index in [-0.39, 0.29) is 16.5 Å². The first-order valence-electron chi connectivity index (χ1n) is 9.10. The zero-order chi connectivity index (χ0) is 22.8. The van der Waals surface area contributed by atoms with Crippen LogP contribution in [-0.2, 0) is 19.1 Å². The summed E-state index contributed by atoms with van der Waals surface area (Å²) in [6.07, 6.45) is 1.34. The summed E-state index contributed by atoms with van der Waals surface area (Å²) in [5, 5.41) is 0.198. The quantitative estimate of drug-likeness (QED) is 0.287. The average molecular weight is 455 g/mol. The van der Waals surface area contributed by atoms with Gasteiger partial charge < -0.3 is 4.74 Å². The van der Waals surface area contributed by atoms with Crippen molar-refractivity contribution in [3.8, 4) is 11.8 Å². The van der Waals surface area contributed by atoms with Crippen molar-refractivity contribution in [2.75, 3.05) is 13.2 Å². The van der Waals surface area contributed by atoms with Crippen LogP contribution >= 0.6 is 0 Å². The summed E-state index contributed by atoms with van der Waals surface area (Å²) in [5.74, 6) is 3.20. The van der Waals surface area contributed by atoms with Crippen LogP contribution in [0, 0.1) is 11.8 Å². The van der Waals surface area contributed by atoms with Crippen LogP contribution in [0.4, 0.5) is 13.2 Å². The van der Waals surface area contributed by atoms with Crippen molar-refractivity contribution in [2.24, 2.45) is 0 Å². The SMILES string of the molecule is CCCOCCC#Cc1ccc2c3c(cccc13)C(=O)N(OS(=O)(=O)C(F)(F)F)C2=O. The normalized spacial score (nSPS) is 14.0. The molecule has 0 saturated carbocycles. The highest BCUT2D eigenvalue weighted by Gasteiger charge is 2.51. The minimum atomic E-state index is -6.21. The number of rotatable bonds is 6. The van der Waals surface area contributed by atoms with Crippen molar-refractivity contribution >= 4 is 32.7 Å². The third-order valence-electron chi connectivity index (χ3n) is 4.27. The molecule has 0 radical (unpaired) electrons. The number of alkyl halides is 3. The number of hydroxylamine groups is 2. The van der Waals surface area contributed by atoms with Crippen LogP contribution in [0.15, 0.2) is 30.3 Å². The van der Waals surface area contributed by atoms with Gasteiger partial charge in [0.05, 0.1) is 17.7 Å². The molecule has 1 heterocycles. The van der Waals surface area contributed by atoms with E-state index in [0.717, 1.165) is 6.42 Å². The van der Waals surface area contributed by atoms with E-state index in [1.807, 2.05) is 6.92 Å². The molecule has 1 aliphatic heterocycles. The lowest BCUT2D eigenvalue weighted by atomic mass is 9.92. The van der Waals surface area contributed by atoms with Crippen LogP contribution in [0.5, 0.6) is 0 Å². The number of imide groups is 1. The molecule has 11 heteroatoms. The summed E-state index contributed by atoms with van der Waals surface area (Å²) in [7, 11) is -6.21. The van der Waals surface area contributed by atoms with E-state index >= 15 is 0 Å². The fraction of sp³-hybridized carbons (Fsp3) is 0.300. The lowest BCUT2D eigenvalue weighted by Gasteiger charge is -2.25. The van der Waals surface area contributed by atoms with Crippen molar-refractivity contribution in [1.82, 2.24) is 5.06 Å². The van der Waals surface area contributed by atoms with Crippen molar-refractivity contribution in [1.29, 1.82) is 0 Å². The molecule has 0 N–H and O–H groups in total. The van der Waals surface area contributed by atoms with Crippen LogP contribution in [-0.4, -0.2) is 44.0 Å². The van der Waals surface area contributed by atoms with Gasteiger partial charge in [-0.3, -0.25) is 9.59 Å². The van der Waals surface area contributed by atoms with Gasteiger partial charge in [0.15, 0.2) is 0 Å². The second kappa shape index (κ2) is 8.66. The topological polar surface area (TPSA) is 90.0 Å². The van der Waals surface area contributed by atoms with Crippen molar-refractivity contribution < 1.29 is 40.2 Å². The number of nitrogens with zero attached hydrogens (tertiary/aromatic N) is 1. The fourth-order valence-corrected chi connectivity index (χ4v) is 3.33. The molecule has 3 rings (SSSR count). The van der Waals surface area contributed by atoms with Crippen molar-refractivity contribution in [3.63, 3.8) is 0 Å². The number of hydrogen-bond acceptors (Lipinski definition) is 6. The van der Waals surface area contributed by atoms with Gasteiger partial charge in [0.1, 0.15) is 0 Å². The molecule has 0 fully saturated rings. The van der Waals surface area contributed by atoms with E-state index in [2.05, 4.69) is 16.1 Å². The number of amides is 2. The summed E-state index contributed by atoms with van der Waals surface area (Å²) in [4.78, 5) is 25.2. The molecular weight excluding hydrogens is 439 g/mol. The third-order valence-corrected chi connectivity index (χ3v) is 5.18. The van der Waals surface area contributed by atoms with Gasteiger partial charge in [-0.05, 0) is 30.0 Å². The molecule has 0 aliphatic carbocycles.